The molecular weight excluding hydrogens is 564 g/mol. The van der Waals surface area contributed by atoms with Crippen molar-refractivity contribution in [2.75, 3.05) is 19.1 Å². The molecule has 7 heteroatoms. The van der Waals surface area contributed by atoms with Crippen molar-refractivity contribution >= 4 is 40.0 Å². The van der Waals surface area contributed by atoms with Crippen molar-refractivity contribution < 1.29 is 23.9 Å². The standard InChI is InChI=1S/C38H28N2O5/c1-44-25-17-18-29(45-2)28(21-25)31-34(35(41)24-9-4-3-5-10-24)40-30(38(31)36(42)26-12-6-7-13-27(26)37(38)43)19-16-23-15-14-22-11-8-20-39-32(22)33(23)40/h3-21,30-31,34H,1-2H3/t30?,31-,34+/m0/s1. The van der Waals surface area contributed by atoms with Crippen molar-refractivity contribution in [1.82, 2.24) is 4.98 Å². The molecule has 4 aromatic carbocycles. The van der Waals surface area contributed by atoms with E-state index in [-0.39, 0.29) is 17.3 Å². The normalized spacial score (nSPS) is 20.7. The van der Waals surface area contributed by atoms with Crippen LogP contribution < -0.4 is 14.4 Å². The molecule has 1 unspecified atom stereocenters. The molecule has 220 valence electrons. The Bertz CT molecular complexity index is 2050. The van der Waals surface area contributed by atoms with Crippen LogP contribution in [0.15, 0.2) is 109 Å². The number of fused-ring (bicyclic) bond motifs is 7. The maximum absolute atomic E-state index is 15.0. The van der Waals surface area contributed by atoms with Crippen molar-refractivity contribution in [3.05, 3.63) is 137 Å². The molecule has 0 radical (unpaired) electrons. The van der Waals surface area contributed by atoms with Gasteiger partial charge in [-0.1, -0.05) is 84.9 Å². The molecule has 3 atom stereocenters. The van der Waals surface area contributed by atoms with Crippen LogP contribution in [0.1, 0.15) is 48.1 Å². The van der Waals surface area contributed by atoms with E-state index in [0.717, 1.165) is 16.6 Å². The lowest BCUT2D eigenvalue weighted by molar-refractivity contribution is 0.0664. The Morgan fingerprint density at radius 1 is 0.822 bits per heavy atom. The fourth-order valence-electron chi connectivity index (χ4n) is 7.78. The van der Waals surface area contributed by atoms with Crippen molar-refractivity contribution in [3.8, 4) is 11.5 Å². The summed E-state index contributed by atoms with van der Waals surface area (Å²) in [7, 11) is 3.11. The summed E-state index contributed by atoms with van der Waals surface area (Å²) in [6.45, 7) is 0. The number of benzene rings is 4. The Kier molecular flexibility index (Phi) is 6.00. The zero-order chi connectivity index (χ0) is 30.9. The predicted molar refractivity (Wildman–Crippen MR) is 171 cm³/mol. The van der Waals surface area contributed by atoms with E-state index in [1.165, 1.54) is 0 Å². The number of anilines is 1. The summed E-state index contributed by atoms with van der Waals surface area (Å²) in [5, 5.41) is 0.889. The summed E-state index contributed by atoms with van der Waals surface area (Å²) in [4.78, 5) is 51.8. The van der Waals surface area contributed by atoms with Gasteiger partial charge in [-0.25, -0.2) is 0 Å². The van der Waals surface area contributed by atoms with Gasteiger partial charge in [-0.05, 0) is 29.8 Å². The summed E-state index contributed by atoms with van der Waals surface area (Å²) in [6.07, 6.45) is 5.59. The maximum atomic E-state index is 15.0. The molecule has 5 aromatic rings. The van der Waals surface area contributed by atoms with Gasteiger partial charge in [-0.3, -0.25) is 19.4 Å². The molecule has 1 spiro atoms. The second kappa shape index (κ2) is 9.99. The van der Waals surface area contributed by atoms with Crippen LogP contribution in [0.25, 0.3) is 17.0 Å². The Balaban J connectivity index is 1.51. The van der Waals surface area contributed by atoms with Gasteiger partial charge in [0.05, 0.1) is 31.5 Å². The van der Waals surface area contributed by atoms with E-state index >= 15 is 14.4 Å². The molecule has 3 aliphatic rings. The van der Waals surface area contributed by atoms with E-state index in [2.05, 4.69) is 0 Å². The molecule has 3 heterocycles. The first-order valence-electron chi connectivity index (χ1n) is 14.8. The zero-order valence-electron chi connectivity index (χ0n) is 24.6. The molecule has 0 saturated carbocycles. The minimum absolute atomic E-state index is 0.210. The third kappa shape index (κ3) is 3.58. The first-order valence-corrected chi connectivity index (χ1v) is 14.8. The number of rotatable bonds is 5. The smallest absolute Gasteiger partial charge is 0.185 e. The van der Waals surface area contributed by atoms with Gasteiger partial charge in [-0.2, -0.15) is 0 Å². The summed E-state index contributed by atoms with van der Waals surface area (Å²) >= 11 is 0. The number of ketones is 3. The first-order chi connectivity index (χ1) is 22.0. The number of carbonyl (C=O) groups excluding carboxylic acids is 3. The molecule has 1 saturated heterocycles. The number of pyridine rings is 1. The fraction of sp³-hybridized carbons (Fsp3) is 0.158. The number of Topliss-reactive ketones (excluding diaryl/α,β-unsaturated/α-hetero) is 3. The van der Waals surface area contributed by atoms with Crippen LogP contribution >= 0.6 is 0 Å². The van der Waals surface area contributed by atoms with Crippen molar-refractivity contribution in [2.45, 2.75) is 18.0 Å². The lowest BCUT2D eigenvalue weighted by atomic mass is 9.64. The SMILES string of the molecule is COc1ccc(OC)c([C@H]2[C@H](C(=O)c3ccccc3)N3c4c(ccc5cccnc45)C=CC3C23C(=O)c2ccccc2C3=O)c1. The fourth-order valence-corrected chi connectivity index (χ4v) is 7.78. The van der Waals surface area contributed by atoms with Crippen molar-refractivity contribution in [1.29, 1.82) is 0 Å². The molecule has 1 aromatic heterocycles. The highest BCUT2D eigenvalue weighted by molar-refractivity contribution is 6.32. The van der Waals surface area contributed by atoms with Gasteiger partial charge in [0.1, 0.15) is 23.0 Å². The summed E-state index contributed by atoms with van der Waals surface area (Å²) in [6, 6.07) is 27.4. The number of hydrogen-bond donors (Lipinski definition) is 0. The highest BCUT2D eigenvalue weighted by atomic mass is 16.5. The lowest BCUT2D eigenvalue weighted by Gasteiger charge is -2.37. The number of nitrogens with zero attached hydrogens (tertiary/aromatic N) is 2. The molecule has 0 bridgehead atoms. The van der Waals surface area contributed by atoms with Crippen LogP contribution in [0.3, 0.4) is 0 Å². The highest BCUT2D eigenvalue weighted by Crippen LogP contribution is 2.62. The largest absolute Gasteiger partial charge is 0.497 e. The third-order valence-electron chi connectivity index (χ3n) is 9.63. The summed E-state index contributed by atoms with van der Waals surface area (Å²) in [5.41, 5.74) is 2.34. The first kappa shape index (κ1) is 27.0. The number of hydrogen-bond acceptors (Lipinski definition) is 7. The molecule has 2 aliphatic heterocycles. The summed E-state index contributed by atoms with van der Waals surface area (Å²) in [5.74, 6) is -0.784. The predicted octanol–water partition coefficient (Wildman–Crippen LogP) is 6.57. The van der Waals surface area contributed by atoms with E-state index in [4.69, 9.17) is 14.5 Å². The van der Waals surface area contributed by atoms with E-state index in [0.29, 0.717) is 39.3 Å². The van der Waals surface area contributed by atoms with Crippen molar-refractivity contribution in [2.24, 2.45) is 5.41 Å². The third-order valence-corrected chi connectivity index (χ3v) is 9.63. The lowest BCUT2D eigenvalue weighted by Crippen LogP contribution is -2.48. The number of carbonyl (C=O) groups is 3. The molecule has 7 nitrogen and oxygen atoms in total. The number of methoxy groups -OCH3 is 2. The van der Waals surface area contributed by atoms with Gasteiger partial charge < -0.3 is 14.4 Å². The van der Waals surface area contributed by atoms with Gasteiger partial charge in [0, 0.05) is 39.8 Å². The van der Waals surface area contributed by atoms with Crippen molar-refractivity contribution in [3.63, 3.8) is 0 Å². The molecule has 8 rings (SSSR count). The monoisotopic (exact) mass is 592 g/mol. The van der Waals surface area contributed by atoms with Gasteiger partial charge in [0.15, 0.2) is 17.3 Å². The van der Waals surface area contributed by atoms with Gasteiger partial charge in [-0.15, -0.1) is 0 Å². The molecule has 0 N–H and O–H groups in total. The molecule has 45 heavy (non-hydrogen) atoms. The van der Waals surface area contributed by atoms with E-state index in [1.54, 1.807) is 75.0 Å². The average molecular weight is 593 g/mol. The Morgan fingerprint density at radius 3 is 2.27 bits per heavy atom. The van der Waals surface area contributed by atoms with Crippen LogP contribution in [-0.2, 0) is 0 Å². The minimum atomic E-state index is -1.68. The second-order valence-corrected chi connectivity index (χ2v) is 11.6. The minimum Gasteiger partial charge on any atom is -0.497 e. The van der Waals surface area contributed by atoms with Crippen LogP contribution in [0.5, 0.6) is 11.5 Å². The van der Waals surface area contributed by atoms with E-state index < -0.39 is 23.4 Å². The summed E-state index contributed by atoms with van der Waals surface area (Å²) < 4.78 is 11.5. The Labute approximate surface area is 259 Å². The molecule has 1 fully saturated rings. The quantitative estimate of drug-likeness (QED) is 0.169. The highest BCUT2D eigenvalue weighted by Gasteiger charge is 2.72. The van der Waals surface area contributed by atoms with Crippen LogP contribution in [0.4, 0.5) is 5.69 Å². The number of aromatic nitrogens is 1. The van der Waals surface area contributed by atoms with E-state index in [1.807, 2.05) is 59.5 Å². The topological polar surface area (TPSA) is 85.8 Å². The second-order valence-electron chi connectivity index (χ2n) is 11.6. The van der Waals surface area contributed by atoms with E-state index in [9.17, 15) is 0 Å². The maximum Gasteiger partial charge on any atom is 0.185 e. The Hall–Kier alpha value is -5.56. The van der Waals surface area contributed by atoms with Gasteiger partial charge >= 0.3 is 0 Å². The van der Waals surface area contributed by atoms with Gasteiger partial charge in [0.25, 0.3) is 0 Å². The Morgan fingerprint density at radius 2 is 1.56 bits per heavy atom. The average Bonchev–Trinajstić information content (AvgIpc) is 3.53. The van der Waals surface area contributed by atoms with Crippen LogP contribution in [-0.4, -0.2) is 48.6 Å². The molecule has 1 aliphatic carbocycles. The molecular formula is C38H28N2O5. The molecule has 0 amide bonds. The number of ether oxygens (including phenoxy) is 2. The zero-order valence-corrected chi connectivity index (χ0v) is 24.6. The van der Waals surface area contributed by atoms with Crippen LogP contribution in [0.2, 0.25) is 0 Å². The van der Waals surface area contributed by atoms with Crippen LogP contribution in [0, 0.1) is 5.41 Å². The van der Waals surface area contributed by atoms with Gasteiger partial charge in [0.2, 0.25) is 0 Å².